The molecule has 0 spiro atoms. The van der Waals surface area contributed by atoms with Crippen molar-refractivity contribution in [3.05, 3.63) is 59.8 Å². The molecule has 1 aliphatic heterocycles. The summed E-state index contributed by atoms with van der Waals surface area (Å²) in [6.07, 6.45) is 8.02. The molecule has 3 N–H and O–H groups in total. The summed E-state index contributed by atoms with van der Waals surface area (Å²) in [5, 5.41) is 8.74. The molecule has 0 saturated heterocycles. The first-order valence-electron chi connectivity index (χ1n) is 12.8. The second-order valence-corrected chi connectivity index (χ2v) is 10.5. The van der Waals surface area contributed by atoms with Crippen molar-refractivity contribution in [1.29, 1.82) is 0 Å². The zero-order valence-electron chi connectivity index (χ0n) is 21.8. The van der Waals surface area contributed by atoms with E-state index in [4.69, 9.17) is 10.5 Å². The molecule has 4 aromatic heterocycles. The van der Waals surface area contributed by atoms with Gasteiger partial charge in [0.25, 0.3) is 0 Å². The first-order chi connectivity index (χ1) is 18.3. The Kier molecular flexibility index (Phi) is 5.81. The van der Waals surface area contributed by atoms with E-state index >= 15 is 0 Å². The Morgan fingerprint density at radius 3 is 2.71 bits per heavy atom. The molecule has 38 heavy (non-hydrogen) atoms. The Morgan fingerprint density at radius 1 is 1.16 bits per heavy atom. The lowest BCUT2D eigenvalue weighted by atomic mass is 10.0. The van der Waals surface area contributed by atoms with Crippen LogP contribution in [0.3, 0.4) is 0 Å². The maximum atomic E-state index is 12.9. The minimum absolute atomic E-state index is 0.0414. The molecule has 5 heterocycles. The number of amides is 1. The van der Waals surface area contributed by atoms with Crippen LogP contribution in [0.1, 0.15) is 43.0 Å². The number of fused-ring (bicyclic) bond motifs is 1. The van der Waals surface area contributed by atoms with Crippen molar-refractivity contribution in [1.82, 2.24) is 24.7 Å². The summed E-state index contributed by atoms with van der Waals surface area (Å²) in [6.45, 7) is 6.85. The summed E-state index contributed by atoms with van der Waals surface area (Å²) >= 11 is 0. The predicted molar refractivity (Wildman–Crippen MR) is 146 cm³/mol. The molecule has 4 aromatic rings. The number of aromatic nitrogens is 5. The van der Waals surface area contributed by atoms with Crippen LogP contribution in [0, 0.1) is 18.8 Å². The van der Waals surface area contributed by atoms with Gasteiger partial charge in [0.1, 0.15) is 23.9 Å². The number of ether oxygens (including phenoxy) is 1. The highest BCUT2D eigenvalue weighted by Gasteiger charge is 2.44. The highest BCUT2D eigenvalue weighted by Crippen LogP contribution is 2.47. The molecule has 0 bridgehead atoms. The summed E-state index contributed by atoms with van der Waals surface area (Å²) < 4.78 is 7.55. The number of aliphatic imine (C=N–C) groups is 1. The second kappa shape index (κ2) is 9.20. The van der Waals surface area contributed by atoms with E-state index in [-0.39, 0.29) is 23.8 Å². The third-order valence-electron chi connectivity index (χ3n) is 7.33. The fraction of sp³-hybridized carbons (Fsp3) is 0.357. The van der Waals surface area contributed by atoms with Crippen LogP contribution in [0.2, 0.25) is 0 Å². The van der Waals surface area contributed by atoms with Gasteiger partial charge in [0.05, 0.1) is 17.9 Å². The number of hydrogen-bond acceptors (Lipinski definition) is 8. The molecule has 1 aliphatic carbocycles. The minimum Gasteiger partial charge on any atom is -0.474 e. The molecular formula is C28H30N8O2. The van der Waals surface area contributed by atoms with E-state index in [0.29, 0.717) is 41.4 Å². The van der Waals surface area contributed by atoms with E-state index in [9.17, 15) is 4.79 Å². The molecule has 194 valence electrons. The zero-order chi connectivity index (χ0) is 26.6. The Bertz CT molecular complexity index is 1590. The van der Waals surface area contributed by atoms with Gasteiger partial charge in [-0.2, -0.15) is 5.10 Å². The van der Waals surface area contributed by atoms with E-state index in [0.717, 1.165) is 33.9 Å². The zero-order valence-corrected chi connectivity index (χ0v) is 21.8. The monoisotopic (exact) mass is 510 g/mol. The molecular weight excluding hydrogens is 480 g/mol. The lowest BCUT2D eigenvalue weighted by Gasteiger charge is -2.11. The van der Waals surface area contributed by atoms with Crippen LogP contribution in [0.25, 0.3) is 22.0 Å². The van der Waals surface area contributed by atoms with E-state index in [1.807, 2.05) is 44.6 Å². The molecule has 2 aliphatic rings. The van der Waals surface area contributed by atoms with Crippen molar-refractivity contribution in [2.45, 2.75) is 39.2 Å². The predicted octanol–water partition coefficient (Wildman–Crippen LogP) is 3.86. The summed E-state index contributed by atoms with van der Waals surface area (Å²) in [4.78, 5) is 31.2. The Balaban J connectivity index is 1.23. The number of nitrogens with two attached hydrogens (primary N) is 1. The fourth-order valence-electron chi connectivity index (χ4n) is 4.90. The smallest absolute Gasteiger partial charge is 0.235 e. The van der Waals surface area contributed by atoms with Crippen LogP contribution < -0.4 is 11.1 Å². The van der Waals surface area contributed by atoms with Crippen molar-refractivity contribution < 1.29 is 9.53 Å². The molecule has 3 atom stereocenters. The van der Waals surface area contributed by atoms with Crippen molar-refractivity contribution in [3.63, 3.8) is 0 Å². The Labute approximate surface area is 220 Å². The number of hydrogen-bond donors (Lipinski definition) is 2. The van der Waals surface area contributed by atoms with Gasteiger partial charge in [-0.15, -0.1) is 0 Å². The number of carbonyl (C=O) groups excluding carboxylic acids is 1. The topological polar surface area (TPSA) is 133 Å². The van der Waals surface area contributed by atoms with Gasteiger partial charge < -0.3 is 15.8 Å². The van der Waals surface area contributed by atoms with Crippen molar-refractivity contribution in [2.75, 3.05) is 17.7 Å². The van der Waals surface area contributed by atoms with Gasteiger partial charge >= 0.3 is 0 Å². The number of anilines is 2. The standard InChI is InChI=1S/C28H30N8O2/c1-14(2)24-13-38-28(34-24)23-5-15(3)20(10-30-23)22-6-16-7-25(31-11-21(16)26(29)33-22)35-27(37)19-8-18(19)17-9-32-36(4)12-17/h5-7,9-12,14,18-19,24H,8,13H2,1-4H3,(H2,29,33)(H,31,35,37). The van der Waals surface area contributed by atoms with Gasteiger partial charge in [0.2, 0.25) is 11.8 Å². The summed E-state index contributed by atoms with van der Waals surface area (Å²) in [6, 6.07) is 5.89. The molecule has 1 saturated carbocycles. The first kappa shape index (κ1) is 24.0. The quantitative estimate of drug-likeness (QED) is 0.402. The number of nitrogen functional groups attached to an aromatic ring is 1. The highest BCUT2D eigenvalue weighted by molar-refractivity contribution is 5.99. The average Bonchev–Trinajstić information content (AvgIpc) is 3.30. The molecule has 6 rings (SSSR count). The van der Waals surface area contributed by atoms with Crippen molar-refractivity contribution in [3.8, 4) is 11.3 Å². The van der Waals surface area contributed by atoms with Crippen LogP contribution in [-0.4, -0.2) is 49.2 Å². The van der Waals surface area contributed by atoms with Gasteiger partial charge in [0, 0.05) is 42.5 Å². The first-order valence-corrected chi connectivity index (χ1v) is 12.8. The molecule has 10 nitrogen and oxygen atoms in total. The number of carbonyl (C=O) groups is 1. The second-order valence-electron chi connectivity index (χ2n) is 10.5. The number of nitrogens with one attached hydrogen (secondary N) is 1. The lowest BCUT2D eigenvalue weighted by Crippen LogP contribution is -2.15. The maximum absolute atomic E-state index is 12.9. The van der Waals surface area contributed by atoms with E-state index in [1.54, 1.807) is 17.1 Å². The summed E-state index contributed by atoms with van der Waals surface area (Å²) in [5.74, 6) is 1.93. The van der Waals surface area contributed by atoms with Gasteiger partial charge in [-0.3, -0.25) is 14.5 Å². The SMILES string of the molecule is Cc1cc(C2=NC(C(C)C)CO2)ncc1-c1cc2cc(NC(=O)C3CC3c3cnn(C)c3)ncc2c(N)n1. The van der Waals surface area contributed by atoms with Crippen LogP contribution in [-0.2, 0) is 16.6 Å². The van der Waals surface area contributed by atoms with Gasteiger partial charge in [-0.1, -0.05) is 13.8 Å². The van der Waals surface area contributed by atoms with Crippen molar-refractivity contribution >= 4 is 34.2 Å². The third kappa shape index (κ3) is 4.46. The third-order valence-corrected chi connectivity index (χ3v) is 7.33. The average molecular weight is 511 g/mol. The number of nitrogens with zero attached hydrogens (tertiary/aromatic N) is 6. The van der Waals surface area contributed by atoms with E-state index < -0.39 is 0 Å². The molecule has 3 unspecified atom stereocenters. The summed E-state index contributed by atoms with van der Waals surface area (Å²) in [5.41, 5.74) is 10.6. The largest absolute Gasteiger partial charge is 0.474 e. The maximum Gasteiger partial charge on any atom is 0.235 e. The number of pyridine rings is 3. The van der Waals surface area contributed by atoms with Crippen molar-refractivity contribution in [2.24, 2.45) is 23.9 Å². The van der Waals surface area contributed by atoms with Gasteiger partial charge in [0.15, 0.2) is 0 Å². The Morgan fingerprint density at radius 2 is 2.00 bits per heavy atom. The number of aryl methyl sites for hydroxylation is 2. The molecule has 0 aromatic carbocycles. The highest BCUT2D eigenvalue weighted by atomic mass is 16.5. The van der Waals surface area contributed by atoms with Crippen LogP contribution >= 0.6 is 0 Å². The van der Waals surface area contributed by atoms with E-state index in [1.165, 1.54) is 0 Å². The number of rotatable bonds is 6. The molecule has 0 radical (unpaired) electrons. The lowest BCUT2D eigenvalue weighted by molar-refractivity contribution is -0.117. The minimum atomic E-state index is -0.0775. The van der Waals surface area contributed by atoms with Crippen LogP contribution in [0.5, 0.6) is 0 Å². The Hall–Kier alpha value is -4.34. The van der Waals surface area contributed by atoms with E-state index in [2.05, 4.69) is 44.2 Å². The van der Waals surface area contributed by atoms with Gasteiger partial charge in [-0.05, 0) is 59.9 Å². The molecule has 1 fully saturated rings. The van der Waals surface area contributed by atoms with Crippen LogP contribution in [0.15, 0.2) is 48.0 Å². The normalized spacial score (nSPS) is 20.4. The van der Waals surface area contributed by atoms with Crippen LogP contribution in [0.4, 0.5) is 11.6 Å². The summed E-state index contributed by atoms with van der Waals surface area (Å²) in [7, 11) is 1.88. The molecule has 10 heteroatoms. The van der Waals surface area contributed by atoms with Gasteiger partial charge in [-0.25, -0.2) is 15.0 Å². The molecule has 1 amide bonds. The fourth-order valence-corrected chi connectivity index (χ4v) is 4.90.